The fraction of sp³-hybridized carbons (Fsp3) is 0.600. The van der Waals surface area contributed by atoms with Crippen molar-refractivity contribution in [3.63, 3.8) is 0 Å². The van der Waals surface area contributed by atoms with Gasteiger partial charge in [-0.15, -0.1) is 11.3 Å². The van der Waals surface area contributed by atoms with Crippen LogP contribution in [0, 0.1) is 23.2 Å². The van der Waals surface area contributed by atoms with Crippen LogP contribution in [-0.4, -0.2) is 108 Å². The number of cyclic esters (lactones) is 1. The third kappa shape index (κ3) is 10.2. The molecule has 1 aromatic carbocycles. The maximum atomic E-state index is 14.9. The third-order valence-electron chi connectivity index (χ3n) is 13.6. The summed E-state index contributed by atoms with van der Waals surface area (Å²) in [5, 5.41) is 8.01. The van der Waals surface area contributed by atoms with Crippen LogP contribution >= 0.6 is 11.3 Å². The molecule has 7 atom stereocenters. The summed E-state index contributed by atoms with van der Waals surface area (Å²) in [7, 11) is 1.67. The number of nitrogens with zero attached hydrogens (tertiary/aromatic N) is 5. The molecule has 3 fully saturated rings. The minimum atomic E-state index is -1.21. The van der Waals surface area contributed by atoms with Gasteiger partial charge in [0.05, 0.1) is 41.6 Å². The van der Waals surface area contributed by atoms with Gasteiger partial charge >= 0.3 is 5.97 Å². The fourth-order valence-electron chi connectivity index (χ4n) is 10.0. The number of benzene rings is 1. The van der Waals surface area contributed by atoms with E-state index in [1.165, 1.54) is 22.8 Å². The van der Waals surface area contributed by atoms with E-state index in [1.807, 2.05) is 44.1 Å². The molecular weight excluding hydrogens is 843 g/mol. The molecular formula is C50H69N7O7S. The average Bonchev–Trinajstić information content (AvgIpc) is 3.57. The first-order chi connectivity index (χ1) is 31.3. The van der Waals surface area contributed by atoms with Crippen molar-refractivity contribution in [3.05, 3.63) is 58.2 Å². The lowest BCUT2D eigenvalue weighted by molar-refractivity contribution is -0.156. The normalized spacial score (nSPS) is 26.2. The van der Waals surface area contributed by atoms with E-state index in [1.54, 1.807) is 13.3 Å². The minimum Gasteiger partial charge on any atom is -0.464 e. The van der Waals surface area contributed by atoms with Crippen LogP contribution in [0.15, 0.2) is 46.9 Å². The van der Waals surface area contributed by atoms with Crippen molar-refractivity contribution >= 4 is 57.7 Å². The summed E-state index contributed by atoms with van der Waals surface area (Å²) in [5.74, 6) is -2.47. The van der Waals surface area contributed by atoms with Crippen LogP contribution in [0.1, 0.15) is 116 Å². The number of likely N-dealkylation sites (tertiary alicyclic amines) is 1. The fourth-order valence-corrected chi connectivity index (χ4v) is 10.9. The molecule has 4 aliphatic rings. The van der Waals surface area contributed by atoms with Crippen LogP contribution in [0.25, 0.3) is 27.7 Å². The summed E-state index contributed by atoms with van der Waals surface area (Å²) >= 11 is 1.37. The van der Waals surface area contributed by atoms with E-state index in [9.17, 15) is 19.2 Å². The number of carbonyl (C=O) groups is 4. The number of aliphatic imine (C=N–C) groups is 1. The molecule has 7 rings (SSSR count). The summed E-state index contributed by atoms with van der Waals surface area (Å²) in [5.41, 5.74) is 8.87. The number of aromatic nitrogens is 2. The Hall–Kier alpha value is -4.70. The van der Waals surface area contributed by atoms with E-state index in [4.69, 9.17) is 24.2 Å². The zero-order valence-corrected chi connectivity index (χ0v) is 40.4. The Balaban J connectivity index is 1.32. The predicted molar refractivity (Wildman–Crippen MR) is 255 cm³/mol. The van der Waals surface area contributed by atoms with Gasteiger partial charge in [-0.3, -0.25) is 29.2 Å². The van der Waals surface area contributed by atoms with Crippen molar-refractivity contribution in [2.75, 3.05) is 40.0 Å². The number of ether oxygens (including phenoxy) is 3. The van der Waals surface area contributed by atoms with Gasteiger partial charge in [0.2, 0.25) is 11.8 Å². The molecule has 6 bridgehead atoms. The van der Waals surface area contributed by atoms with Crippen molar-refractivity contribution in [2.45, 2.75) is 131 Å². The highest BCUT2D eigenvalue weighted by Gasteiger charge is 2.58. The number of methoxy groups -OCH3 is 1. The van der Waals surface area contributed by atoms with Gasteiger partial charge in [0.15, 0.2) is 0 Å². The Morgan fingerprint density at radius 1 is 1.11 bits per heavy atom. The standard InChI is InChI=1S/C50H69N7O7S/c1-10-33(41(51-11-2)31(6)62-9)43-35-27-50(7,8)29-64-49(61)36-20-19-25-57(54-36)48(60)42(53-45(58)39-30(5)40(39)47(59)55-23-17-15-14-16-18-24-55)44(63-13-4)46-52-37(28-65-46)32-21-22-38(34(35)26-32)56(43)12-3/h10-11,21-22,26,28,30-31,36,39-40,42,44,54H,1,12-20,23-25,27,29H2,2-9H3,(H,53,58)/b41-33+,51-11?/t30-,31+,36+,39-,40-,42+,44+/m1/s1. The lowest BCUT2D eigenvalue weighted by Gasteiger charge is -2.37. The number of allylic oxidation sites excluding steroid dienone is 2. The predicted octanol–water partition coefficient (Wildman–Crippen LogP) is 7.67. The molecule has 65 heavy (non-hydrogen) atoms. The third-order valence-corrected chi connectivity index (χ3v) is 14.5. The Kier molecular flexibility index (Phi) is 15.5. The molecule has 3 aliphatic heterocycles. The summed E-state index contributed by atoms with van der Waals surface area (Å²) in [6.07, 6.45) is 9.17. The average molecular weight is 912 g/mol. The van der Waals surface area contributed by atoms with E-state index < -0.39 is 47.3 Å². The molecule has 2 N–H and O–H groups in total. The van der Waals surface area contributed by atoms with E-state index in [0.717, 1.165) is 64.7 Å². The van der Waals surface area contributed by atoms with Crippen LogP contribution in [0.5, 0.6) is 0 Å². The number of nitrogens with one attached hydrogen (secondary N) is 2. The topological polar surface area (TPSA) is 157 Å². The van der Waals surface area contributed by atoms with Gasteiger partial charge in [-0.05, 0) is 83.4 Å². The van der Waals surface area contributed by atoms with Gasteiger partial charge < -0.3 is 29.0 Å². The molecule has 2 aromatic heterocycles. The molecule has 5 heterocycles. The Labute approximate surface area is 388 Å². The number of carbonyl (C=O) groups excluding carboxylic acids is 4. The maximum Gasteiger partial charge on any atom is 0.324 e. The molecule has 14 nitrogen and oxygen atoms in total. The highest BCUT2D eigenvalue weighted by molar-refractivity contribution is 7.10. The zero-order chi connectivity index (χ0) is 46.6. The highest BCUT2D eigenvalue weighted by atomic mass is 32.1. The first kappa shape index (κ1) is 48.2. The molecule has 1 saturated carbocycles. The number of esters is 1. The highest BCUT2D eigenvalue weighted by Crippen LogP contribution is 2.48. The van der Waals surface area contributed by atoms with Crippen molar-refractivity contribution in [1.82, 2.24) is 30.2 Å². The van der Waals surface area contributed by atoms with Gasteiger partial charge in [-0.1, -0.05) is 58.8 Å². The summed E-state index contributed by atoms with van der Waals surface area (Å²) in [6, 6.07) is 4.33. The second kappa shape index (κ2) is 20.9. The summed E-state index contributed by atoms with van der Waals surface area (Å²) < 4.78 is 20.7. The second-order valence-corrected chi connectivity index (χ2v) is 19.7. The van der Waals surface area contributed by atoms with Gasteiger partial charge in [0.25, 0.3) is 5.91 Å². The lowest BCUT2D eigenvalue weighted by atomic mass is 9.84. The van der Waals surface area contributed by atoms with Gasteiger partial charge in [-0.25, -0.2) is 10.4 Å². The smallest absolute Gasteiger partial charge is 0.324 e. The monoisotopic (exact) mass is 911 g/mol. The van der Waals surface area contributed by atoms with Crippen LogP contribution in [-0.2, 0) is 46.4 Å². The number of thiazole rings is 1. The van der Waals surface area contributed by atoms with Crippen molar-refractivity contribution in [3.8, 4) is 11.3 Å². The minimum absolute atomic E-state index is 0.0152. The Morgan fingerprint density at radius 2 is 1.85 bits per heavy atom. The molecule has 0 spiro atoms. The molecule has 15 heteroatoms. The van der Waals surface area contributed by atoms with Gasteiger partial charge in [0, 0.05) is 78.9 Å². The first-order valence-electron chi connectivity index (χ1n) is 23.7. The van der Waals surface area contributed by atoms with Crippen LogP contribution in [0.3, 0.4) is 0 Å². The molecule has 0 unspecified atom stereocenters. The van der Waals surface area contributed by atoms with Crippen LogP contribution in [0.2, 0.25) is 0 Å². The SMILES string of the molecule is C=C/C(=C(\N=CC)[C@H](C)OC)c1c2c3cc(ccc3n1CC)-c1csc(n1)[C@@H](OCC)[C@H](NC(=O)[C@@H]1[C@@H](C)[C@H]1C(=O)N1CCCCCCC1)C(=O)N1CCC[C@H](N1)C(=O)OCC(C)(C)C2. The summed E-state index contributed by atoms with van der Waals surface area (Å²) in [4.78, 5) is 69.0. The first-order valence-corrected chi connectivity index (χ1v) is 24.6. The van der Waals surface area contributed by atoms with E-state index in [2.05, 4.69) is 60.9 Å². The Morgan fingerprint density at radius 3 is 2.52 bits per heavy atom. The second-order valence-electron chi connectivity index (χ2n) is 18.8. The van der Waals surface area contributed by atoms with E-state index in [-0.39, 0.29) is 37.0 Å². The lowest BCUT2D eigenvalue weighted by Crippen LogP contribution is -2.61. The zero-order valence-electron chi connectivity index (χ0n) is 39.6. The number of aryl methyl sites for hydroxylation is 1. The van der Waals surface area contributed by atoms with Crippen molar-refractivity contribution in [2.24, 2.45) is 28.2 Å². The van der Waals surface area contributed by atoms with Crippen molar-refractivity contribution < 1.29 is 33.4 Å². The van der Waals surface area contributed by atoms with E-state index >= 15 is 0 Å². The van der Waals surface area contributed by atoms with Crippen LogP contribution < -0.4 is 10.7 Å². The number of hydrogen-bond acceptors (Lipinski definition) is 11. The van der Waals surface area contributed by atoms with Crippen molar-refractivity contribution in [1.29, 1.82) is 0 Å². The molecule has 1 aliphatic carbocycles. The summed E-state index contributed by atoms with van der Waals surface area (Å²) in [6.45, 7) is 21.0. The van der Waals surface area contributed by atoms with Crippen LogP contribution in [0.4, 0.5) is 0 Å². The number of rotatable bonds is 11. The number of hydrazine groups is 1. The molecule has 2 saturated heterocycles. The van der Waals surface area contributed by atoms with E-state index in [0.29, 0.717) is 56.1 Å². The maximum absolute atomic E-state index is 14.9. The van der Waals surface area contributed by atoms with Gasteiger partial charge in [0.1, 0.15) is 23.2 Å². The number of hydrogen-bond donors (Lipinski definition) is 2. The quantitative estimate of drug-likeness (QED) is 0.112. The number of fused-ring (bicyclic) bond motifs is 6. The molecule has 3 amide bonds. The Bertz CT molecular complexity index is 2310. The molecule has 0 radical (unpaired) electrons. The molecule has 3 aromatic rings. The van der Waals surface area contributed by atoms with Gasteiger partial charge in [-0.2, -0.15) is 0 Å². The number of amides is 3. The molecule has 352 valence electrons. The largest absolute Gasteiger partial charge is 0.464 e.